The van der Waals surface area contributed by atoms with Crippen LogP contribution in [0, 0.1) is 6.92 Å². The largest absolute Gasteiger partial charge is 0.481 e. The first kappa shape index (κ1) is 20.1. The highest BCUT2D eigenvalue weighted by Gasteiger charge is 2.20. The number of carbonyl (C=O) groups excluding carboxylic acids is 2. The van der Waals surface area contributed by atoms with Crippen molar-refractivity contribution in [1.29, 1.82) is 0 Å². The van der Waals surface area contributed by atoms with Crippen LogP contribution in [0.25, 0.3) is 21.9 Å². The van der Waals surface area contributed by atoms with E-state index in [9.17, 15) is 14.4 Å². The quantitative estimate of drug-likeness (QED) is 0.596. The van der Waals surface area contributed by atoms with Crippen LogP contribution in [0.15, 0.2) is 53.5 Å². The maximum atomic E-state index is 12.4. The third kappa shape index (κ3) is 4.29. The Labute approximate surface area is 167 Å². The number of aromatic nitrogens is 1. The number of rotatable bonds is 6. The first-order valence-electron chi connectivity index (χ1n) is 9.25. The molecule has 2 atom stereocenters. The number of hydrogen-bond acceptors (Lipinski definition) is 4. The molecule has 2 aromatic carbocycles. The standard InChI is InChI=1S/C22H23N3O4/c1-12-6-4-5-7-16(12)19-11-24-22(28)18-10-15(8-9-17(18)19)29-14(3)21(27)25-13(2)20(23)26/h4-11,13-14H,1-3H3,(H2,23,26)(H,24,28)(H,25,27)/t13-,14?/m1/s1. The van der Waals surface area contributed by atoms with Gasteiger partial charge in [0.1, 0.15) is 11.8 Å². The number of amides is 2. The van der Waals surface area contributed by atoms with Crippen molar-refractivity contribution in [2.75, 3.05) is 0 Å². The normalized spacial score (nSPS) is 12.9. The molecule has 3 rings (SSSR count). The zero-order valence-electron chi connectivity index (χ0n) is 16.5. The van der Waals surface area contributed by atoms with E-state index >= 15 is 0 Å². The SMILES string of the molecule is Cc1ccccc1-c1c[nH]c(=O)c2cc(OC(C)C(=O)N[C@H](C)C(N)=O)ccc12. The maximum absolute atomic E-state index is 12.4. The summed E-state index contributed by atoms with van der Waals surface area (Å²) in [7, 11) is 0. The second-order valence-electron chi connectivity index (χ2n) is 6.95. The molecule has 29 heavy (non-hydrogen) atoms. The molecule has 0 saturated carbocycles. The van der Waals surface area contributed by atoms with Gasteiger partial charge in [-0.3, -0.25) is 14.4 Å². The van der Waals surface area contributed by atoms with Gasteiger partial charge in [0.05, 0.1) is 5.39 Å². The number of carbonyl (C=O) groups is 2. The van der Waals surface area contributed by atoms with E-state index in [1.165, 1.54) is 6.92 Å². The van der Waals surface area contributed by atoms with E-state index in [-0.39, 0.29) is 5.56 Å². The predicted octanol–water partition coefficient (Wildman–Crippen LogP) is 2.26. The molecule has 0 saturated heterocycles. The van der Waals surface area contributed by atoms with Crippen LogP contribution in [0.3, 0.4) is 0 Å². The van der Waals surface area contributed by atoms with Gasteiger partial charge in [-0.15, -0.1) is 0 Å². The van der Waals surface area contributed by atoms with Crippen molar-refractivity contribution in [3.8, 4) is 16.9 Å². The molecular formula is C22H23N3O4. The van der Waals surface area contributed by atoms with Gasteiger partial charge in [0.15, 0.2) is 6.10 Å². The fraction of sp³-hybridized carbons (Fsp3) is 0.227. The zero-order chi connectivity index (χ0) is 21.1. The van der Waals surface area contributed by atoms with E-state index in [4.69, 9.17) is 10.5 Å². The monoisotopic (exact) mass is 393 g/mol. The molecule has 0 aliphatic carbocycles. The van der Waals surface area contributed by atoms with E-state index in [2.05, 4.69) is 10.3 Å². The summed E-state index contributed by atoms with van der Waals surface area (Å²) in [5.74, 6) is -0.732. The smallest absolute Gasteiger partial charge is 0.261 e. The molecule has 1 aromatic heterocycles. The van der Waals surface area contributed by atoms with Crippen molar-refractivity contribution in [2.24, 2.45) is 5.73 Å². The summed E-state index contributed by atoms with van der Waals surface area (Å²) in [6, 6.07) is 12.2. The molecule has 7 nitrogen and oxygen atoms in total. The number of hydrogen-bond donors (Lipinski definition) is 3. The van der Waals surface area contributed by atoms with Gasteiger partial charge in [-0.05, 0) is 55.5 Å². The maximum Gasteiger partial charge on any atom is 0.261 e. The number of aryl methyl sites for hydroxylation is 1. The number of H-pyrrole nitrogens is 1. The molecule has 4 N–H and O–H groups in total. The second kappa shape index (κ2) is 8.18. The minimum Gasteiger partial charge on any atom is -0.481 e. The topological polar surface area (TPSA) is 114 Å². The number of benzene rings is 2. The summed E-state index contributed by atoms with van der Waals surface area (Å²) < 4.78 is 5.67. The fourth-order valence-corrected chi connectivity index (χ4v) is 3.07. The molecular weight excluding hydrogens is 370 g/mol. The summed E-state index contributed by atoms with van der Waals surface area (Å²) in [4.78, 5) is 38.4. The number of aromatic amines is 1. The summed E-state index contributed by atoms with van der Waals surface area (Å²) in [5, 5.41) is 3.72. The first-order chi connectivity index (χ1) is 13.8. The molecule has 0 spiro atoms. The second-order valence-corrected chi connectivity index (χ2v) is 6.95. The lowest BCUT2D eigenvalue weighted by molar-refractivity contribution is -0.131. The number of nitrogens with two attached hydrogens (primary N) is 1. The molecule has 3 aromatic rings. The molecule has 2 amide bonds. The van der Waals surface area contributed by atoms with Crippen LogP contribution in [-0.2, 0) is 9.59 Å². The van der Waals surface area contributed by atoms with Crippen molar-refractivity contribution in [3.05, 3.63) is 64.6 Å². The average molecular weight is 393 g/mol. The van der Waals surface area contributed by atoms with Crippen molar-refractivity contribution in [3.63, 3.8) is 0 Å². The molecule has 0 fully saturated rings. The van der Waals surface area contributed by atoms with E-state index in [1.807, 2.05) is 31.2 Å². The highest BCUT2D eigenvalue weighted by Crippen LogP contribution is 2.30. The summed E-state index contributed by atoms with van der Waals surface area (Å²) in [6.45, 7) is 5.06. The number of primary amides is 1. The van der Waals surface area contributed by atoms with Gasteiger partial charge in [0, 0.05) is 11.8 Å². The van der Waals surface area contributed by atoms with Crippen molar-refractivity contribution >= 4 is 22.6 Å². The zero-order valence-corrected chi connectivity index (χ0v) is 16.5. The van der Waals surface area contributed by atoms with E-state index in [1.54, 1.807) is 31.3 Å². The van der Waals surface area contributed by atoms with Crippen molar-refractivity contribution in [2.45, 2.75) is 32.9 Å². The molecule has 1 heterocycles. The van der Waals surface area contributed by atoms with Gasteiger partial charge in [-0.25, -0.2) is 0 Å². The number of fused-ring (bicyclic) bond motifs is 1. The van der Waals surface area contributed by atoms with Crippen LogP contribution in [0.4, 0.5) is 0 Å². The van der Waals surface area contributed by atoms with Crippen LogP contribution >= 0.6 is 0 Å². The minimum absolute atomic E-state index is 0.248. The Kier molecular flexibility index (Phi) is 5.68. The van der Waals surface area contributed by atoms with Gasteiger partial charge < -0.3 is 20.8 Å². The lowest BCUT2D eigenvalue weighted by Crippen LogP contribution is -2.47. The van der Waals surface area contributed by atoms with E-state index < -0.39 is 24.0 Å². The van der Waals surface area contributed by atoms with Crippen LogP contribution in [0.5, 0.6) is 5.75 Å². The van der Waals surface area contributed by atoms with E-state index in [0.29, 0.717) is 11.1 Å². The summed E-state index contributed by atoms with van der Waals surface area (Å²) >= 11 is 0. The lowest BCUT2D eigenvalue weighted by Gasteiger charge is -2.17. The number of nitrogens with one attached hydrogen (secondary N) is 2. The highest BCUT2D eigenvalue weighted by atomic mass is 16.5. The average Bonchev–Trinajstić information content (AvgIpc) is 2.69. The minimum atomic E-state index is -0.868. The fourth-order valence-electron chi connectivity index (χ4n) is 3.07. The van der Waals surface area contributed by atoms with Gasteiger partial charge in [0.2, 0.25) is 5.91 Å². The Hall–Kier alpha value is -3.61. The third-order valence-corrected chi connectivity index (χ3v) is 4.78. The molecule has 0 aliphatic rings. The van der Waals surface area contributed by atoms with Crippen LogP contribution in [-0.4, -0.2) is 28.9 Å². The summed E-state index contributed by atoms with van der Waals surface area (Å²) in [6.07, 6.45) is 0.835. The van der Waals surface area contributed by atoms with Gasteiger partial charge in [0.25, 0.3) is 11.5 Å². The Balaban J connectivity index is 1.92. The van der Waals surface area contributed by atoms with Crippen LogP contribution in [0.2, 0.25) is 0 Å². The Morgan fingerprint density at radius 2 is 1.79 bits per heavy atom. The van der Waals surface area contributed by atoms with Crippen molar-refractivity contribution in [1.82, 2.24) is 10.3 Å². The van der Waals surface area contributed by atoms with Gasteiger partial charge >= 0.3 is 0 Å². The molecule has 0 bridgehead atoms. The Bertz CT molecular complexity index is 1140. The number of pyridine rings is 1. The Morgan fingerprint density at radius 1 is 1.07 bits per heavy atom. The Morgan fingerprint density at radius 3 is 2.48 bits per heavy atom. The molecule has 7 heteroatoms. The van der Waals surface area contributed by atoms with Gasteiger partial charge in [-0.1, -0.05) is 24.3 Å². The summed E-state index contributed by atoms with van der Waals surface area (Å²) in [5.41, 5.74) is 7.93. The van der Waals surface area contributed by atoms with Crippen LogP contribution in [0.1, 0.15) is 19.4 Å². The molecule has 150 valence electrons. The predicted molar refractivity (Wildman–Crippen MR) is 112 cm³/mol. The molecule has 1 unspecified atom stereocenters. The first-order valence-corrected chi connectivity index (χ1v) is 9.25. The molecule has 0 aliphatic heterocycles. The third-order valence-electron chi connectivity index (χ3n) is 4.78. The highest BCUT2D eigenvalue weighted by molar-refractivity contribution is 5.97. The van der Waals surface area contributed by atoms with Gasteiger partial charge in [-0.2, -0.15) is 0 Å². The lowest BCUT2D eigenvalue weighted by atomic mass is 9.97. The number of ether oxygens (including phenoxy) is 1. The van der Waals surface area contributed by atoms with Crippen LogP contribution < -0.4 is 21.3 Å². The van der Waals surface area contributed by atoms with Crippen molar-refractivity contribution < 1.29 is 14.3 Å². The van der Waals surface area contributed by atoms with E-state index in [0.717, 1.165) is 22.1 Å². The molecule has 0 radical (unpaired) electrons.